The van der Waals surface area contributed by atoms with E-state index < -0.39 is 23.6 Å². The summed E-state index contributed by atoms with van der Waals surface area (Å²) in [7, 11) is 0. The van der Waals surface area contributed by atoms with E-state index in [-0.39, 0.29) is 12.5 Å². The van der Waals surface area contributed by atoms with Crippen LogP contribution in [0.1, 0.15) is 35.9 Å². The summed E-state index contributed by atoms with van der Waals surface area (Å²) in [6.07, 6.45) is -0.0946. The Morgan fingerprint density at radius 2 is 2.00 bits per heavy atom. The molecule has 1 heterocycles. The Hall–Kier alpha value is -1.79. The molecular weight excluding hydrogens is 296 g/mol. The van der Waals surface area contributed by atoms with Gasteiger partial charge in [-0.15, -0.1) is 11.3 Å². The van der Waals surface area contributed by atoms with Crippen molar-refractivity contribution < 1.29 is 18.7 Å². The number of halogens is 2. The van der Waals surface area contributed by atoms with Crippen LogP contribution in [0.5, 0.6) is 0 Å². The third-order valence-electron chi connectivity index (χ3n) is 3.10. The van der Waals surface area contributed by atoms with Crippen molar-refractivity contribution in [3.63, 3.8) is 0 Å². The first-order valence-electron chi connectivity index (χ1n) is 6.43. The van der Waals surface area contributed by atoms with E-state index in [1.165, 1.54) is 23.5 Å². The van der Waals surface area contributed by atoms with Crippen LogP contribution >= 0.6 is 11.3 Å². The summed E-state index contributed by atoms with van der Waals surface area (Å²) in [6.45, 7) is 1.75. The second-order valence-electron chi connectivity index (χ2n) is 4.76. The monoisotopic (exact) mass is 311 g/mol. The fourth-order valence-electron chi connectivity index (χ4n) is 2.13. The van der Waals surface area contributed by atoms with Crippen LogP contribution in [0.2, 0.25) is 0 Å². The van der Waals surface area contributed by atoms with Gasteiger partial charge in [0.15, 0.2) is 0 Å². The lowest BCUT2D eigenvalue weighted by Gasteiger charge is -2.21. The van der Waals surface area contributed by atoms with E-state index in [1.54, 1.807) is 6.92 Å². The summed E-state index contributed by atoms with van der Waals surface area (Å²) in [4.78, 5) is 11.9. The smallest absolute Gasteiger partial charge is 0.305 e. The van der Waals surface area contributed by atoms with E-state index in [2.05, 4.69) is 5.32 Å². The maximum Gasteiger partial charge on any atom is 0.305 e. The number of hydrogen-bond donors (Lipinski definition) is 2. The van der Waals surface area contributed by atoms with E-state index in [4.69, 9.17) is 5.11 Å². The number of aliphatic carboxylic acids is 1. The molecular formula is C15H15F2NO2S. The highest BCUT2D eigenvalue weighted by Gasteiger charge is 2.20. The number of carboxylic acids is 1. The fraction of sp³-hybridized carbons (Fsp3) is 0.267. The SMILES string of the molecule is CC(NC(CC(=O)O)c1cccs1)c1cc(F)cc(F)c1. The van der Waals surface area contributed by atoms with Crippen LogP contribution in [-0.4, -0.2) is 11.1 Å². The Kier molecular flexibility index (Phi) is 5.03. The van der Waals surface area contributed by atoms with E-state index >= 15 is 0 Å². The quantitative estimate of drug-likeness (QED) is 0.851. The molecule has 2 aromatic rings. The maximum atomic E-state index is 13.2. The van der Waals surface area contributed by atoms with Crippen molar-refractivity contribution in [3.8, 4) is 0 Å². The average Bonchev–Trinajstić information content (AvgIpc) is 2.89. The van der Waals surface area contributed by atoms with E-state index in [1.807, 2.05) is 17.5 Å². The molecule has 6 heteroatoms. The fourth-order valence-corrected chi connectivity index (χ4v) is 2.92. The van der Waals surface area contributed by atoms with Crippen molar-refractivity contribution >= 4 is 17.3 Å². The Balaban J connectivity index is 2.17. The zero-order valence-corrected chi connectivity index (χ0v) is 12.2. The molecule has 0 bridgehead atoms. The zero-order chi connectivity index (χ0) is 15.4. The van der Waals surface area contributed by atoms with Crippen LogP contribution in [0.4, 0.5) is 8.78 Å². The minimum atomic E-state index is -0.932. The third kappa shape index (κ3) is 4.34. The number of thiophene rings is 1. The Labute approximate surface area is 125 Å². The molecule has 2 N–H and O–H groups in total. The number of rotatable bonds is 6. The molecule has 0 radical (unpaired) electrons. The van der Waals surface area contributed by atoms with Crippen LogP contribution in [0, 0.1) is 11.6 Å². The predicted octanol–water partition coefficient (Wildman–Crippen LogP) is 3.89. The van der Waals surface area contributed by atoms with Crippen LogP contribution in [0.25, 0.3) is 0 Å². The van der Waals surface area contributed by atoms with Crippen molar-refractivity contribution in [2.75, 3.05) is 0 Å². The number of carboxylic acid groups (broad SMARTS) is 1. The Morgan fingerprint density at radius 3 is 2.52 bits per heavy atom. The van der Waals surface area contributed by atoms with Crippen LogP contribution in [0.15, 0.2) is 35.7 Å². The highest BCUT2D eigenvalue weighted by Crippen LogP contribution is 2.26. The van der Waals surface area contributed by atoms with Gasteiger partial charge < -0.3 is 10.4 Å². The van der Waals surface area contributed by atoms with Crippen molar-refractivity contribution in [1.82, 2.24) is 5.32 Å². The number of hydrogen-bond acceptors (Lipinski definition) is 3. The van der Waals surface area contributed by atoms with E-state index in [0.29, 0.717) is 5.56 Å². The summed E-state index contributed by atoms with van der Waals surface area (Å²) >= 11 is 1.44. The second-order valence-corrected chi connectivity index (χ2v) is 5.74. The van der Waals surface area contributed by atoms with Crippen LogP contribution in [-0.2, 0) is 4.79 Å². The molecule has 2 atom stereocenters. The van der Waals surface area contributed by atoms with E-state index in [0.717, 1.165) is 10.9 Å². The van der Waals surface area contributed by atoms with Crippen molar-refractivity contribution in [2.45, 2.75) is 25.4 Å². The first-order valence-corrected chi connectivity index (χ1v) is 7.31. The normalized spacial score (nSPS) is 13.9. The van der Waals surface area contributed by atoms with Crippen molar-refractivity contribution in [3.05, 3.63) is 57.8 Å². The Bertz CT molecular complexity index is 596. The largest absolute Gasteiger partial charge is 0.481 e. The summed E-state index contributed by atoms with van der Waals surface area (Å²) < 4.78 is 26.5. The summed E-state index contributed by atoms with van der Waals surface area (Å²) in [5, 5.41) is 14.0. The molecule has 0 saturated heterocycles. The van der Waals surface area contributed by atoms with Gasteiger partial charge in [0.25, 0.3) is 0 Å². The predicted molar refractivity (Wildman–Crippen MR) is 77.2 cm³/mol. The molecule has 0 aliphatic heterocycles. The minimum absolute atomic E-state index is 0.0946. The summed E-state index contributed by atoms with van der Waals surface area (Å²) in [5.41, 5.74) is 0.444. The lowest BCUT2D eigenvalue weighted by atomic mass is 10.1. The zero-order valence-electron chi connectivity index (χ0n) is 11.3. The standard InChI is InChI=1S/C15H15F2NO2S/c1-9(10-5-11(16)7-12(17)6-10)18-13(8-15(19)20)14-3-2-4-21-14/h2-7,9,13,18H,8H2,1H3,(H,19,20). The van der Waals surface area contributed by atoms with Gasteiger partial charge in [0.1, 0.15) is 11.6 Å². The highest BCUT2D eigenvalue weighted by molar-refractivity contribution is 7.10. The molecule has 2 rings (SSSR count). The molecule has 0 fully saturated rings. The lowest BCUT2D eigenvalue weighted by Crippen LogP contribution is -2.26. The van der Waals surface area contributed by atoms with Gasteiger partial charge >= 0.3 is 5.97 Å². The molecule has 112 valence electrons. The minimum Gasteiger partial charge on any atom is -0.481 e. The molecule has 0 aliphatic carbocycles. The summed E-state index contributed by atoms with van der Waals surface area (Å²) in [5.74, 6) is -2.23. The maximum absolute atomic E-state index is 13.2. The van der Waals surface area contributed by atoms with Crippen molar-refractivity contribution in [2.24, 2.45) is 0 Å². The van der Waals surface area contributed by atoms with Crippen LogP contribution in [0.3, 0.4) is 0 Å². The number of nitrogens with one attached hydrogen (secondary N) is 1. The third-order valence-corrected chi connectivity index (χ3v) is 4.09. The summed E-state index contributed by atoms with van der Waals surface area (Å²) in [6, 6.07) is 6.20. The lowest BCUT2D eigenvalue weighted by molar-refractivity contribution is -0.137. The van der Waals surface area contributed by atoms with Gasteiger partial charge in [-0.25, -0.2) is 8.78 Å². The van der Waals surface area contributed by atoms with Gasteiger partial charge in [-0.05, 0) is 36.1 Å². The molecule has 0 aliphatic rings. The van der Waals surface area contributed by atoms with Gasteiger partial charge in [0, 0.05) is 17.0 Å². The van der Waals surface area contributed by atoms with E-state index in [9.17, 15) is 13.6 Å². The highest BCUT2D eigenvalue weighted by atomic mass is 32.1. The average molecular weight is 311 g/mol. The van der Waals surface area contributed by atoms with Gasteiger partial charge in [0.05, 0.1) is 12.5 Å². The molecule has 0 saturated carbocycles. The molecule has 1 aromatic carbocycles. The number of carbonyl (C=O) groups is 1. The molecule has 0 amide bonds. The van der Waals surface area contributed by atoms with Gasteiger partial charge in [-0.1, -0.05) is 6.07 Å². The molecule has 0 spiro atoms. The molecule has 2 unspecified atom stereocenters. The van der Waals surface area contributed by atoms with Gasteiger partial charge in [-0.2, -0.15) is 0 Å². The van der Waals surface area contributed by atoms with Gasteiger partial charge in [-0.3, -0.25) is 4.79 Å². The first-order chi connectivity index (χ1) is 9.95. The van der Waals surface area contributed by atoms with Gasteiger partial charge in [0.2, 0.25) is 0 Å². The number of benzene rings is 1. The molecule has 3 nitrogen and oxygen atoms in total. The Morgan fingerprint density at radius 1 is 1.33 bits per heavy atom. The van der Waals surface area contributed by atoms with Crippen molar-refractivity contribution in [1.29, 1.82) is 0 Å². The molecule has 21 heavy (non-hydrogen) atoms. The second kappa shape index (κ2) is 6.78. The van der Waals surface area contributed by atoms with Crippen LogP contribution < -0.4 is 5.32 Å². The topological polar surface area (TPSA) is 49.3 Å². The first kappa shape index (κ1) is 15.6. The molecule has 1 aromatic heterocycles.